The molecule has 0 radical (unpaired) electrons. The third-order valence-electron chi connectivity index (χ3n) is 5.09. The Labute approximate surface area is 171 Å². The van der Waals surface area contributed by atoms with Crippen molar-refractivity contribution in [3.05, 3.63) is 62.8 Å². The molecule has 1 atom stereocenters. The van der Waals surface area contributed by atoms with Gasteiger partial charge in [-0.3, -0.25) is 4.90 Å². The van der Waals surface area contributed by atoms with Crippen LogP contribution in [0.25, 0.3) is 10.8 Å². The molecule has 4 nitrogen and oxygen atoms in total. The van der Waals surface area contributed by atoms with Crippen LogP contribution in [-0.2, 0) is 22.9 Å². The molecule has 2 heterocycles. The molecular formula is C20H20BrNO3S2. The number of aromatic hydroxyl groups is 1. The lowest BCUT2D eigenvalue weighted by Crippen LogP contribution is -2.35. The van der Waals surface area contributed by atoms with Crippen LogP contribution in [-0.4, -0.2) is 36.0 Å². The predicted octanol–water partition coefficient (Wildman–Crippen LogP) is 4.56. The Hall–Kier alpha value is -1.41. The summed E-state index contributed by atoms with van der Waals surface area (Å²) in [5.41, 5.74) is 0.848. The largest absolute Gasteiger partial charge is 0.508 e. The van der Waals surface area contributed by atoms with Crippen molar-refractivity contribution in [1.82, 2.24) is 4.90 Å². The molecule has 1 N–H and O–H groups in total. The van der Waals surface area contributed by atoms with E-state index in [0.29, 0.717) is 19.5 Å². The van der Waals surface area contributed by atoms with Gasteiger partial charge in [0.2, 0.25) is 0 Å². The third-order valence-corrected chi connectivity index (χ3v) is 8.20. The molecule has 0 unspecified atom stereocenters. The van der Waals surface area contributed by atoms with Crippen molar-refractivity contribution in [1.29, 1.82) is 0 Å². The molecular weight excluding hydrogens is 446 g/mol. The fourth-order valence-electron chi connectivity index (χ4n) is 3.70. The quantitative estimate of drug-likeness (QED) is 0.599. The molecule has 142 valence electrons. The minimum atomic E-state index is -2.98. The maximum atomic E-state index is 12.0. The van der Waals surface area contributed by atoms with Gasteiger partial charge in [0.25, 0.3) is 0 Å². The average Bonchev–Trinajstić information content (AvgIpc) is 3.25. The Balaban J connectivity index is 1.71. The van der Waals surface area contributed by atoms with Crippen LogP contribution < -0.4 is 0 Å². The molecule has 0 saturated carbocycles. The number of sulfone groups is 1. The fraction of sp³-hybridized carbons (Fsp3) is 0.300. The van der Waals surface area contributed by atoms with Gasteiger partial charge in [0.05, 0.1) is 11.5 Å². The molecule has 2 aromatic carbocycles. The number of benzene rings is 2. The van der Waals surface area contributed by atoms with E-state index < -0.39 is 9.84 Å². The lowest BCUT2D eigenvalue weighted by Gasteiger charge is -2.28. The number of thiophene rings is 1. The molecule has 1 saturated heterocycles. The van der Waals surface area contributed by atoms with Crippen molar-refractivity contribution in [2.24, 2.45) is 0 Å². The molecule has 0 aliphatic carbocycles. The summed E-state index contributed by atoms with van der Waals surface area (Å²) in [6.45, 7) is 1.20. The highest BCUT2D eigenvalue weighted by atomic mass is 79.9. The van der Waals surface area contributed by atoms with Gasteiger partial charge in [-0.25, -0.2) is 8.42 Å². The van der Waals surface area contributed by atoms with E-state index in [1.807, 2.05) is 35.7 Å². The van der Waals surface area contributed by atoms with E-state index in [2.05, 4.69) is 26.9 Å². The van der Waals surface area contributed by atoms with E-state index in [4.69, 9.17) is 0 Å². The van der Waals surface area contributed by atoms with Gasteiger partial charge in [-0.2, -0.15) is 0 Å². The summed E-state index contributed by atoms with van der Waals surface area (Å²) in [5, 5.41) is 14.6. The number of phenolic OH excluding ortho intramolecular Hbond substituents is 1. The highest BCUT2D eigenvalue weighted by molar-refractivity contribution is 9.10. The van der Waals surface area contributed by atoms with E-state index in [9.17, 15) is 13.5 Å². The van der Waals surface area contributed by atoms with E-state index in [1.54, 1.807) is 17.4 Å². The molecule has 1 aliphatic rings. The van der Waals surface area contributed by atoms with Crippen molar-refractivity contribution in [3.8, 4) is 5.75 Å². The van der Waals surface area contributed by atoms with Crippen LogP contribution in [0.1, 0.15) is 16.9 Å². The number of hydrogen-bond acceptors (Lipinski definition) is 5. The minimum absolute atomic E-state index is 0.0257. The second kappa shape index (κ2) is 7.54. The van der Waals surface area contributed by atoms with Gasteiger partial charge in [-0.1, -0.05) is 34.1 Å². The van der Waals surface area contributed by atoms with Gasteiger partial charge < -0.3 is 5.11 Å². The topological polar surface area (TPSA) is 57.6 Å². The summed E-state index contributed by atoms with van der Waals surface area (Å²) >= 11 is 5.16. The predicted molar refractivity (Wildman–Crippen MR) is 114 cm³/mol. The summed E-state index contributed by atoms with van der Waals surface area (Å²) in [4.78, 5) is 3.40. The van der Waals surface area contributed by atoms with Crippen molar-refractivity contribution < 1.29 is 13.5 Å². The molecule has 27 heavy (non-hydrogen) atoms. The maximum Gasteiger partial charge on any atom is 0.151 e. The molecule has 0 spiro atoms. The zero-order valence-electron chi connectivity index (χ0n) is 14.6. The molecule has 0 bridgehead atoms. The summed E-state index contributed by atoms with van der Waals surface area (Å²) in [6.07, 6.45) is 0.644. The molecule has 1 aromatic heterocycles. The van der Waals surface area contributed by atoms with Crippen LogP contribution >= 0.6 is 27.3 Å². The average molecular weight is 466 g/mol. The van der Waals surface area contributed by atoms with Crippen molar-refractivity contribution in [2.45, 2.75) is 25.6 Å². The van der Waals surface area contributed by atoms with E-state index in [-0.39, 0.29) is 23.3 Å². The summed E-state index contributed by atoms with van der Waals surface area (Å²) in [5.74, 6) is 0.685. The SMILES string of the molecule is O=S1(=O)CC[C@@H](N(Cc2cccs2)Cc2c(O)ccc3cc(Br)ccc23)C1. The Morgan fingerprint density at radius 3 is 2.74 bits per heavy atom. The first-order valence-corrected chi connectivity index (χ1v) is 12.3. The molecule has 7 heteroatoms. The number of fused-ring (bicyclic) bond motifs is 1. The van der Waals surface area contributed by atoms with Gasteiger partial charge in [0.1, 0.15) is 5.75 Å². The lowest BCUT2D eigenvalue weighted by molar-refractivity contribution is 0.195. The highest BCUT2D eigenvalue weighted by Gasteiger charge is 2.33. The Morgan fingerprint density at radius 2 is 2.04 bits per heavy atom. The van der Waals surface area contributed by atoms with Gasteiger partial charge in [0, 0.05) is 34.0 Å². The first-order chi connectivity index (χ1) is 12.9. The minimum Gasteiger partial charge on any atom is -0.508 e. The van der Waals surface area contributed by atoms with Crippen molar-refractivity contribution in [2.75, 3.05) is 11.5 Å². The van der Waals surface area contributed by atoms with Crippen LogP contribution in [0.5, 0.6) is 5.75 Å². The summed E-state index contributed by atoms with van der Waals surface area (Å²) in [6, 6.07) is 13.7. The maximum absolute atomic E-state index is 12.0. The Bertz CT molecular complexity index is 1060. The Morgan fingerprint density at radius 1 is 1.19 bits per heavy atom. The van der Waals surface area contributed by atoms with Crippen molar-refractivity contribution in [3.63, 3.8) is 0 Å². The number of halogens is 1. The number of phenols is 1. The molecule has 0 amide bonds. The lowest BCUT2D eigenvalue weighted by atomic mass is 10.0. The number of rotatable bonds is 5. The van der Waals surface area contributed by atoms with Crippen molar-refractivity contribution >= 4 is 47.9 Å². The van der Waals surface area contributed by atoms with Crippen LogP contribution in [0.3, 0.4) is 0 Å². The fourth-order valence-corrected chi connectivity index (χ4v) is 6.57. The third kappa shape index (κ3) is 4.21. The number of hydrogen-bond donors (Lipinski definition) is 1. The van der Waals surface area contributed by atoms with Gasteiger partial charge >= 0.3 is 0 Å². The zero-order valence-corrected chi connectivity index (χ0v) is 17.9. The number of nitrogens with zero attached hydrogens (tertiary/aromatic N) is 1. The van der Waals surface area contributed by atoms with Crippen LogP contribution in [0.15, 0.2) is 52.3 Å². The van der Waals surface area contributed by atoms with Gasteiger partial charge in [-0.15, -0.1) is 11.3 Å². The first-order valence-electron chi connectivity index (χ1n) is 8.78. The second-order valence-corrected chi connectivity index (χ2v) is 11.1. The Kier molecular flexibility index (Phi) is 5.29. The van der Waals surface area contributed by atoms with Gasteiger partial charge in [-0.05, 0) is 46.8 Å². The first kappa shape index (κ1) is 18.9. The highest BCUT2D eigenvalue weighted by Crippen LogP contribution is 2.32. The van der Waals surface area contributed by atoms with E-state index in [1.165, 1.54) is 4.88 Å². The summed E-state index contributed by atoms with van der Waals surface area (Å²) < 4.78 is 25.1. The van der Waals surface area contributed by atoms with Crippen LogP contribution in [0.4, 0.5) is 0 Å². The van der Waals surface area contributed by atoms with Crippen LogP contribution in [0.2, 0.25) is 0 Å². The summed E-state index contributed by atoms with van der Waals surface area (Å²) in [7, 11) is -2.98. The molecule has 4 rings (SSSR count). The molecule has 1 aliphatic heterocycles. The van der Waals surface area contributed by atoms with Crippen LogP contribution in [0, 0.1) is 0 Å². The molecule has 1 fully saturated rings. The second-order valence-electron chi connectivity index (χ2n) is 6.97. The smallest absolute Gasteiger partial charge is 0.151 e. The molecule has 3 aromatic rings. The zero-order chi connectivity index (χ0) is 19.0. The van der Waals surface area contributed by atoms with Gasteiger partial charge in [0.15, 0.2) is 9.84 Å². The van der Waals surface area contributed by atoms with E-state index in [0.717, 1.165) is 20.8 Å². The van der Waals surface area contributed by atoms with E-state index >= 15 is 0 Å². The standard InChI is InChI=1S/C20H20BrNO3S2/c21-15-4-5-18-14(10-15)3-6-20(23)19(18)12-22(11-17-2-1-8-26-17)16-7-9-27(24,25)13-16/h1-6,8,10,16,23H,7,9,11-13H2/t16-/m1/s1. The normalized spacial score (nSPS) is 19.1. The monoisotopic (exact) mass is 465 g/mol.